The normalized spacial score (nSPS) is 18.6. The predicted octanol–water partition coefficient (Wildman–Crippen LogP) is 1.94. The first-order valence-corrected chi connectivity index (χ1v) is 6.33. The van der Waals surface area contributed by atoms with Crippen molar-refractivity contribution in [2.24, 2.45) is 10.2 Å². The number of rotatable bonds is 2. The van der Waals surface area contributed by atoms with Crippen molar-refractivity contribution >= 4 is 29.1 Å². The van der Waals surface area contributed by atoms with Crippen LogP contribution in [0.15, 0.2) is 34.5 Å². The molecule has 0 aromatic heterocycles. The molecule has 0 saturated carbocycles. The number of nitrogens with zero attached hydrogens (tertiary/aromatic N) is 2. The average Bonchev–Trinajstić information content (AvgIpc) is 2.32. The first-order chi connectivity index (χ1) is 8.25. The minimum Gasteiger partial charge on any atom is -0.304 e. The molecule has 88 valence electrons. The van der Waals surface area contributed by atoms with Gasteiger partial charge >= 0.3 is 0 Å². The Morgan fingerprint density at radius 2 is 2.24 bits per heavy atom. The summed E-state index contributed by atoms with van der Waals surface area (Å²) in [6, 6.07) is 7.94. The Morgan fingerprint density at radius 3 is 3.00 bits per heavy atom. The van der Waals surface area contributed by atoms with Crippen LogP contribution in [-0.2, 0) is 4.79 Å². The lowest BCUT2D eigenvalue weighted by atomic mass is 10.1. The quantitative estimate of drug-likeness (QED) is 0.641. The summed E-state index contributed by atoms with van der Waals surface area (Å²) in [5.41, 5.74) is 2.18. The number of carbonyl (C=O) groups is 1. The lowest BCUT2D eigenvalue weighted by Gasteiger charge is -2.11. The van der Waals surface area contributed by atoms with Crippen LogP contribution in [0.2, 0.25) is 0 Å². The second-order valence-electron chi connectivity index (χ2n) is 3.65. The Balaban J connectivity index is 2.04. The smallest absolute Gasteiger partial charge is 0.226 e. The third-order valence-electron chi connectivity index (χ3n) is 2.35. The van der Waals surface area contributed by atoms with Gasteiger partial charge in [-0.1, -0.05) is 36.0 Å². The number of carbonyl (C=O) groups excluding carboxylic acids is 1. The molecule has 1 aliphatic heterocycles. The Hall–Kier alpha value is -1.62. The SMILES string of the molecule is Cc1ccccc1/C=N\N=C1\NC(=O)CCS1. The Labute approximate surface area is 104 Å². The standard InChI is InChI=1S/C12H13N3OS/c1-9-4-2-3-5-10(9)8-13-15-12-14-11(16)6-7-17-12/h2-5,8H,6-7H2,1H3,(H,14,15,16)/b13-8-. The molecule has 1 aromatic carbocycles. The van der Waals surface area contributed by atoms with E-state index in [0.717, 1.165) is 16.9 Å². The maximum atomic E-state index is 11.1. The van der Waals surface area contributed by atoms with Gasteiger partial charge in [-0.15, -0.1) is 5.10 Å². The maximum Gasteiger partial charge on any atom is 0.226 e. The molecule has 1 N–H and O–H groups in total. The van der Waals surface area contributed by atoms with E-state index in [9.17, 15) is 4.79 Å². The van der Waals surface area contributed by atoms with Gasteiger partial charge in [0.1, 0.15) is 0 Å². The van der Waals surface area contributed by atoms with Crippen LogP contribution in [0, 0.1) is 6.92 Å². The van der Waals surface area contributed by atoms with Gasteiger partial charge in [0, 0.05) is 12.2 Å². The minimum absolute atomic E-state index is 0.00796. The van der Waals surface area contributed by atoms with Crippen LogP contribution in [0.25, 0.3) is 0 Å². The Bertz CT molecular complexity index is 482. The lowest BCUT2D eigenvalue weighted by molar-refractivity contribution is -0.119. The van der Waals surface area contributed by atoms with Gasteiger partial charge in [0.15, 0.2) is 5.17 Å². The van der Waals surface area contributed by atoms with Gasteiger partial charge in [-0.2, -0.15) is 5.10 Å². The highest BCUT2D eigenvalue weighted by molar-refractivity contribution is 8.14. The minimum atomic E-state index is 0.00796. The highest BCUT2D eigenvalue weighted by Gasteiger charge is 2.13. The van der Waals surface area contributed by atoms with Crippen LogP contribution in [0.3, 0.4) is 0 Å². The van der Waals surface area contributed by atoms with Gasteiger partial charge in [0.25, 0.3) is 0 Å². The molecule has 1 aromatic rings. The van der Waals surface area contributed by atoms with Crippen LogP contribution in [0.4, 0.5) is 0 Å². The van der Waals surface area contributed by atoms with Gasteiger partial charge in [-0.3, -0.25) is 4.79 Å². The first-order valence-electron chi connectivity index (χ1n) is 5.35. The van der Waals surface area contributed by atoms with E-state index >= 15 is 0 Å². The number of aryl methyl sites for hydroxylation is 1. The molecule has 2 rings (SSSR count). The van der Waals surface area contributed by atoms with Gasteiger partial charge in [-0.05, 0) is 18.1 Å². The van der Waals surface area contributed by atoms with Crippen LogP contribution >= 0.6 is 11.8 Å². The molecular weight excluding hydrogens is 234 g/mol. The summed E-state index contributed by atoms with van der Waals surface area (Å²) >= 11 is 1.51. The number of benzene rings is 1. The molecule has 0 spiro atoms. The predicted molar refractivity (Wildman–Crippen MR) is 71.4 cm³/mol. The summed E-state index contributed by atoms with van der Waals surface area (Å²) in [4.78, 5) is 11.1. The summed E-state index contributed by atoms with van der Waals surface area (Å²) in [5, 5.41) is 11.2. The fraction of sp³-hybridized carbons (Fsp3) is 0.250. The summed E-state index contributed by atoms with van der Waals surface area (Å²) in [6.07, 6.45) is 2.24. The lowest BCUT2D eigenvalue weighted by Crippen LogP contribution is -2.32. The zero-order valence-electron chi connectivity index (χ0n) is 9.51. The fourth-order valence-corrected chi connectivity index (χ4v) is 2.16. The van der Waals surface area contributed by atoms with E-state index in [1.165, 1.54) is 11.8 Å². The maximum absolute atomic E-state index is 11.1. The van der Waals surface area contributed by atoms with Gasteiger partial charge in [0.2, 0.25) is 5.91 Å². The molecule has 4 nitrogen and oxygen atoms in total. The molecule has 17 heavy (non-hydrogen) atoms. The molecule has 1 saturated heterocycles. The number of hydrogen-bond donors (Lipinski definition) is 1. The van der Waals surface area contributed by atoms with Crippen molar-refractivity contribution in [1.82, 2.24) is 5.32 Å². The number of nitrogens with one attached hydrogen (secondary N) is 1. The zero-order chi connectivity index (χ0) is 12.1. The van der Waals surface area contributed by atoms with Crippen molar-refractivity contribution in [3.05, 3.63) is 35.4 Å². The fourth-order valence-electron chi connectivity index (χ4n) is 1.39. The van der Waals surface area contributed by atoms with Gasteiger partial charge in [0.05, 0.1) is 6.21 Å². The Kier molecular flexibility index (Phi) is 3.93. The molecule has 1 fully saturated rings. The summed E-state index contributed by atoms with van der Waals surface area (Å²) in [5.74, 6) is 0.776. The van der Waals surface area contributed by atoms with Crippen molar-refractivity contribution in [2.75, 3.05) is 5.75 Å². The Morgan fingerprint density at radius 1 is 1.41 bits per heavy atom. The summed E-state index contributed by atoms with van der Waals surface area (Å²) in [7, 11) is 0. The van der Waals surface area contributed by atoms with E-state index < -0.39 is 0 Å². The van der Waals surface area contributed by atoms with Crippen LogP contribution < -0.4 is 5.32 Å². The third-order valence-corrected chi connectivity index (χ3v) is 3.21. The molecule has 0 bridgehead atoms. The summed E-state index contributed by atoms with van der Waals surface area (Å²) < 4.78 is 0. The van der Waals surface area contributed by atoms with Crippen LogP contribution in [0.5, 0.6) is 0 Å². The van der Waals surface area contributed by atoms with Crippen molar-refractivity contribution < 1.29 is 4.79 Å². The first kappa shape index (κ1) is 11.9. The van der Waals surface area contributed by atoms with E-state index in [1.54, 1.807) is 6.21 Å². The molecule has 0 aliphatic carbocycles. The van der Waals surface area contributed by atoms with Crippen molar-refractivity contribution in [3.63, 3.8) is 0 Å². The second kappa shape index (κ2) is 5.63. The highest BCUT2D eigenvalue weighted by atomic mass is 32.2. The molecular formula is C12H13N3OS. The van der Waals surface area contributed by atoms with Crippen LogP contribution in [0.1, 0.15) is 17.5 Å². The van der Waals surface area contributed by atoms with Gasteiger partial charge < -0.3 is 5.32 Å². The molecule has 1 aliphatic rings. The molecule has 0 unspecified atom stereocenters. The van der Waals surface area contributed by atoms with E-state index in [0.29, 0.717) is 11.6 Å². The average molecular weight is 247 g/mol. The monoisotopic (exact) mass is 247 g/mol. The van der Waals surface area contributed by atoms with E-state index in [1.807, 2.05) is 31.2 Å². The van der Waals surface area contributed by atoms with E-state index in [2.05, 4.69) is 15.5 Å². The van der Waals surface area contributed by atoms with E-state index in [-0.39, 0.29) is 5.91 Å². The molecule has 1 heterocycles. The van der Waals surface area contributed by atoms with Crippen LogP contribution in [-0.4, -0.2) is 23.0 Å². The molecule has 1 amide bonds. The van der Waals surface area contributed by atoms with E-state index in [4.69, 9.17) is 0 Å². The zero-order valence-corrected chi connectivity index (χ0v) is 10.3. The molecule has 0 atom stereocenters. The number of hydrogen-bond acceptors (Lipinski definition) is 4. The highest BCUT2D eigenvalue weighted by Crippen LogP contribution is 2.10. The molecule has 5 heteroatoms. The number of amides is 1. The molecule has 0 radical (unpaired) electrons. The van der Waals surface area contributed by atoms with Gasteiger partial charge in [-0.25, -0.2) is 0 Å². The number of amidine groups is 1. The van der Waals surface area contributed by atoms with Crippen molar-refractivity contribution in [1.29, 1.82) is 0 Å². The largest absolute Gasteiger partial charge is 0.304 e. The van der Waals surface area contributed by atoms with Crippen molar-refractivity contribution in [3.8, 4) is 0 Å². The third kappa shape index (κ3) is 3.42. The van der Waals surface area contributed by atoms with Crippen molar-refractivity contribution in [2.45, 2.75) is 13.3 Å². The number of thioether (sulfide) groups is 1. The topological polar surface area (TPSA) is 53.8 Å². The summed E-state index contributed by atoms with van der Waals surface area (Å²) in [6.45, 7) is 2.02. The second-order valence-corrected chi connectivity index (χ2v) is 4.74.